The summed E-state index contributed by atoms with van der Waals surface area (Å²) in [6.45, 7) is 2.62. The minimum Gasteiger partial charge on any atom is -0.504 e. The lowest BCUT2D eigenvalue weighted by Crippen LogP contribution is -2.38. The molecule has 1 atom stereocenters. The van der Waals surface area contributed by atoms with Gasteiger partial charge in [-0.1, -0.05) is 6.07 Å². The van der Waals surface area contributed by atoms with Gasteiger partial charge in [-0.3, -0.25) is 4.79 Å². The van der Waals surface area contributed by atoms with Crippen molar-refractivity contribution in [3.63, 3.8) is 0 Å². The van der Waals surface area contributed by atoms with Gasteiger partial charge in [0.2, 0.25) is 5.95 Å². The number of carbonyl (C=O) groups excluding carboxylic acids is 1. The number of nitrogens with two attached hydrogens (primary N) is 1. The van der Waals surface area contributed by atoms with Crippen LogP contribution in [0.25, 0.3) is 0 Å². The van der Waals surface area contributed by atoms with Crippen LogP contribution in [0.4, 0.5) is 17.6 Å². The second-order valence-corrected chi connectivity index (χ2v) is 7.93. The van der Waals surface area contributed by atoms with E-state index < -0.39 is 5.92 Å². The number of ketones is 1. The van der Waals surface area contributed by atoms with E-state index in [1.165, 1.54) is 7.11 Å². The van der Waals surface area contributed by atoms with Crippen LogP contribution in [0, 0.1) is 0 Å². The number of hydrogen-bond acceptors (Lipinski definition) is 9. The number of nitrogens with one attached hydrogen (secondary N) is 1. The Labute approximate surface area is 179 Å². The molecule has 162 valence electrons. The molecule has 0 radical (unpaired) electrons. The first kappa shape index (κ1) is 19.6. The number of morpholine rings is 1. The van der Waals surface area contributed by atoms with Gasteiger partial charge in [-0.05, 0) is 30.5 Å². The molecule has 1 aliphatic carbocycles. The second kappa shape index (κ2) is 7.73. The number of aromatic nitrogens is 2. The summed E-state index contributed by atoms with van der Waals surface area (Å²) in [5.74, 6) is 1.50. The first-order valence-electron chi connectivity index (χ1n) is 10.5. The van der Waals surface area contributed by atoms with Crippen LogP contribution >= 0.6 is 0 Å². The van der Waals surface area contributed by atoms with Crippen LogP contribution in [-0.4, -0.2) is 54.3 Å². The maximum atomic E-state index is 13.0. The van der Waals surface area contributed by atoms with Crippen molar-refractivity contribution >= 4 is 23.4 Å². The Balaban J connectivity index is 1.66. The molecular formula is C22H25N5O4. The van der Waals surface area contributed by atoms with Gasteiger partial charge in [0.1, 0.15) is 11.6 Å². The maximum absolute atomic E-state index is 13.0. The minimum atomic E-state index is -0.449. The van der Waals surface area contributed by atoms with Crippen molar-refractivity contribution in [2.24, 2.45) is 0 Å². The Hall–Kier alpha value is -3.33. The number of rotatable bonds is 3. The lowest BCUT2D eigenvalue weighted by Gasteiger charge is -2.35. The second-order valence-electron chi connectivity index (χ2n) is 7.93. The molecule has 5 rings (SSSR count). The fraction of sp³-hybridized carbons (Fsp3) is 0.409. The maximum Gasteiger partial charge on any atom is 0.229 e. The number of nitrogen functional groups attached to an aromatic ring is 1. The van der Waals surface area contributed by atoms with Crippen molar-refractivity contribution in [1.29, 1.82) is 0 Å². The highest BCUT2D eigenvalue weighted by atomic mass is 16.5. The van der Waals surface area contributed by atoms with E-state index in [0.29, 0.717) is 67.2 Å². The summed E-state index contributed by atoms with van der Waals surface area (Å²) in [4.78, 5) is 24.4. The fourth-order valence-electron chi connectivity index (χ4n) is 4.59. The Morgan fingerprint density at radius 1 is 1.26 bits per heavy atom. The highest BCUT2D eigenvalue weighted by Crippen LogP contribution is 2.48. The number of anilines is 3. The summed E-state index contributed by atoms with van der Waals surface area (Å²) in [5, 5.41) is 13.8. The van der Waals surface area contributed by atoms with E-state index in [4.69, 9.17) is 20.2 Å². The SMILES string of the molecule is COc1ccc([C@H]2C3=C(CCCC3=O)Nc3nc(N4CCOCC4)nc(N)c32)cc1O. The van der Waals surface area contributed by atoms with Crippen LogP contribution in [0.5, 0.6) is 11.5 Å². The molecule has 0 saturated carbocycles. The molecule has 0 unspecified atom stereocenters. The number of ether oxygens (including phenoxy) is 2. The molecule has 1 aromatic carbocycles. The lowest BCUT2D eigenvalue weighted by molar-refractivity contribution is -0.116. The van der Waals surface area contributed by atoms with Crippen molar-refractivity contribution in [1.82, 2.24) is 9.97 Å². The van der Waals surface area contributed by atoms with Gasteiger partial charge in [0.25, 0.3) is 0 Å². The molecule has 0 spiro atoms. The lowest BCUT2D eigenvalue weighted by atomic mass is 9.76. The van der Waals surface area contributed by atoms with E-state index >= 15 is 0 Å². The number of benzene rings is 1. The topological polar surface area (TPSA) is 123 Å². The largest absolute Gasteiger partial charge is 0.504 e. The van der Waals surface area contributed by atoms with Gasteiger partial charge in [-0.2, -0.15) is 9.97 Å². The summed E-state index contributed by atoms with van der Waals surface area (Å²) < 4.78 is 10.6. The molecule has 1 aromatic heterocycles. The van der Waals surface area contributed by atoms with Gasteiger partial charge in [0, 0.05) is 42.3 Å². The van der Waals surface area contributed by atoms with Crippen LogP contribution in [0.1, 0.15) is 36.3 Å². The third-order valence-electron chi connectivity index (χ3n) is 6.10. The highest BCUT2D eigenvalue weighted by molar-refractivity contribution is 6.01. The Morgan fingerprint density at radius 2 is 2.06 bits per heavy atom. The van der Waals surface area contributed by atoms with Gasteiger partial charge in [0.05, 0.1) is 20.3 Å². The summed E-state index contributed by atoms with van der Waals surface area (Å²) in [7, 11) is 1.50. The number of phenolic OH excluding ortho intramolecular Hbond substituents is 1. The van der Waals surface area contributed by atoms with Crippen LogP contribution in [0.2, 0.25) is 0 Å². The van der Waals surface area contributed by atoms with E-state index in [1.807, 2.05) is 11.0 Å². The van der Waals surface area contributed by atoms with E-state index in [2.05, 4.69) is 10.3 Å². The van der Waals surface area contributed by atoms with Crippen LogP contribution < -0.4 is 20.7 Å². The van der Waals surface area contributed by atoms with Gasteiger partial charge in [-0.25, -0.2) is 0 Å². The zero-order valence-corrected chi connectivity index (χ0v) is 17.4. The normalized spacial score (nSPS) is 20.7. The number of nitrogens with zero attached hydrogens (tertiary/aromatic N) is 3. The molecule has 2 aromatic rings. The van der Waals surface area contributed by atoms with Gasteiger partial charge >= 0.3 is 0 Å². The molecule has 2 aliphatic heterocycles. The predicted molar refractivity (Wildman–Crippen MR) is 115 cm³/mol. The molecule has 1 fully saturated rings. The summed E-state index contributed by atoms with van der Waals surface area (Å²) in [6.07, 6.45) is 2.04. The smallest absolute Gasteiger partial charge is 0.229 e. The number of aromatic hydroxyl groups is 1. The first-order chi connectivity index (χ1) is 15.1. The summed E-state index contributed by atoms with van der Waals surface area (Å²) in [6, 6.07) is 5.17. The third kappa shape index (κ3) is 3.34. The molecule has 3 heterocycles. The number of phenols is 1. The van der Waals surface area contributed by atoms with E-state index in [-0.39, 0.29) is 11.5 Å². The summed E-state index contributed by atoms with van der Waals surface area (Å²) >= 11 is 0. The van der Waals surface area contributed by atoms with Gasteiger partial charge in [0.15, 0.2) is 17.3 Å². The van der Waals surface area contributed by atoms with Crippen molar-refractivity contribution in [2.75, 3.05) is 49.4 Å². The number of fused-ring (bicyclic) bond motifs is 1. The number of Topliss-reactive ketones (excluding diaryl/α,β-unsaturated/α-hetero) is 1. The molecule has 3 aliphatic rings. The third-order valence-corrected chi connectivity index (χ3v) is 6.10. The van der Waals surface area contributed by atoms with E-state index in [9.17, 15) is 9.90 Å². The van der Waals surface area contributed by atoms with E-state index in [1.54, 1.807) is 12.1 Å². The molecule has 0 bridgehead atoms. The monoisotopic (exact) mass is 423 g/mol. The zero-order valence-electron chi connectivity index (χ0n) is 17.4. The molecule has 31 heavy (non-hydrogen) atoms. The Morgan fingerprint density at radius 3 is 2.81 bits per heavy atom. The fourth-order valence-corrected chi connectivity index (χ4v) is 4.59. The minimum absolute atomic E-state index is 0.00918. The van der Waals surface area contributed by atoms with Crippen molar-refractivity contribution in [2.45, 2.75) is 25.2 Å². The molecular weight excluding hydrogens is 398 g/mol. The van der Waals surface area contributed by atoms with E-state index in [0.717, 1.165) is 24.1 Å². The average molecular weight is 423 g/mol. The van der Waals surface area contributed by atoms with Crippen LogP contribution in [0.15, 0.2) is 29.5 Å². The average Bonchev–Trinajstić information content (AvgIpc) is 2.78. The quantitative estimate of drug-likeness (QED) is 0.681. The number of hydrogen-bond donors (Lipinski definition) is 3. The van der Waals surface area contributed by atoms with Gasteiger partial charge in [-0.15, -0.1) is 0 Å². The van der Waals surface area contributed by atoms with Crippen LogP contribution in [-0.2, 0) is 9.53 Å². The van der Waals surface area contributed by atoms with Crippen LogP contribution in [0.3, 0.4) is 0 Å². The summed E-state index contributed by atoms with van der Waals surface area (Å²) in [5.41, 5.74) is 9.43. The van der Waals surface area contributed by atoms with Crippen molar-refractivity contribution < 1.29 is 19.4 Å². The molecule has 1 saturated heterocycles. The predicted octanol–water partition coefficient (Wildman–Crippen LogP) is 2.17. The standard InChI is InChI=1S/C22H25N5O4/c1-30-16-6-5-12(11-15(16)29)17-18-13(3-2-4-14(18)28)24-21-19(17)20(23)25-22(26-21)27-7-9-31-10-8-27/h5-6,11,17,29H,2-4,7-10H2,1H3,(H3,23,24,25,26)/t17-/m0/s1. The van der Waals surface area contributed by atoms with Crippen molar-refractivity contribution in [3.05, 3.63) is 40.6 Å². The molecule has 9 nitrogen and oxygen atoms in total. The number of carbonyl (C=O) groups is 1. The number of allylic oxidation sites excluding steroid dienone is 2. The highest BCUT2D eigenvalue weighted by Gasteiger charge is 2.38. The zero-order chi connectivity index (χ0) is 21.5. The molecule has 0 amide bonds. The Kier molecular flexibility index (Phi) is 4.90. The Bertz CT molecular complexity index is 1080. The molecule has 9 heteroatoms. The first-order valence-corrected chi connectivity index (χ1v) is 10.5. The molecule has 4 N–H and O–H groups in total. The van der Waals surface area contributed by atoms with Crippen molar-refractivity contribution in [3.8, 4) is 11.5 Å². The number of methoxy groups -OCH3 is 1. The van der Waals surface area contributed by atoms with Gasteiger partial charge < -0.3 is 30.5 Å².